The van der Waals surface area contributed by atoms with Gasteiger partial charge in [0, 0.05) is 45.2 Å². The molecule has 6 heteroatoms. The van der Waals surface area contributed by atoms with Gasteiger partial charge < -0.3 is 20.3 Å². The molecule has 1 aliphatic carbocycles. The summed E-state index contributed by atoms with van der Waals surface area (Å²) in [5.74, 6) is 1.98. The van der Waals surface area contributed by atoms with Gasteiger partial charge in [0.2, 0.25) is 5.91 Å². The van der Waals surface area contributed by atoms with Crippen LogP contribution in [0.4, 0.5) is 0 Å². The van der Waals surface area contributed by atoms with Crippen LogP contribution in [-0.2, 0) is 24.4 Å². The minimum atomic E-state index is 0.254. The number of carbonyl (C=O) groups excluding carboxylic acids is 1. The van der Waals surface area contributed by atoms with E-state index < -0.39 is 0 Å². The second kappa shape index (κ2) is 11.2. The van der Waals surface area contributed by atoms with E-state index in [0.717, 1.165) is 43.1 Å². The Morgan fingerprint density at radius 1 is 1.03 bits per heavy atom. The fourth-order valence-corrected chi connectivity index (χ4v) is 4.64. The number of benzene rings is 2. The molecular formula is C27H36N4O2. The molecule has 1 aliphatic heterocycles. The van der Waals surface area contributed by atoms with Crippen LogP contribution >= 0.6 is 0 Å². The van der Waals surface area contributed by atoms with Gasteiger partial charge in [-0.25, -0.2) is 0 Å². The van der Waals surface area contributed by atoms with Crippen LogP contribution in [0.5, 0.6) is 5.75 Å². The van der Waals surface area contributed by atoms with Gasteiger partial charge >= 0.3 is 0 Å². The van der Waals surface area contributed by atoms with E-state index >= 15 is 0 Å². The van der Waals surface area contributed by atoms with Crippen LogP contribution in [-0.4, -0.2) is 36.5 Å². The number of likely N-dealkylation sites (tertiary alicyclic amines) is 1. The average molecular weight is 449 g/mol. The number of nitrogens with zero attached hydrogens (tertiary/aromatic N) is 2. The predicted octanol–water partition coefficient (Wildman–Crippen LogP) is 4.30. The molecule has 2 aromatic carbocycles. The van der Waals surface area contributed by atoms with Gasteiger partial charge in [0.05, 0.1) is 6.10 Å². The van der Waals surface area contributed by atoms with Crippen molar-refractivity contribution in [3.63, 3.8) is 0 Å². The molecule has 176 valence electrons. The Kier molecular flexibility index (Phi) is 7.87. The van der Waals surface area contributed by atoms with Crippen molar-refractivity contribution < 1.29 is 9.53 Å². The summed E-state index contributed by atoms with van der Waals surface area (Å²) in [7, 11) is 1.79. The summed E-state index contributed by atoms with van der Waals surface area (Å²) in [5.41, 5.74) is 4.72. The number of ether oxygens (including phenoxy) is 1. The largest absolute Gasteiger partial charge is 0.490 e. The minimum Gasteiger partial charge on any atom is -0.490 e. The number of nitrogens with one attached hydrogen (secondary N) is 2. The first-order valence-electron chi connectivity index (χ1n) is 12.2. The van der Waals surface area contributed by atoms with Crippen LogP contribution in [0.1, 0.15) is 60.8 Å². The van der Waals surface area contributed by atoms with Gasteiger partial charge in [0.1, 0.15) is 5.75 Å². The van der Waals surface area contributed by atoms with Gasteiger partial charge in [-0.1, -0.05) is 36.4 Å². The number of hydrogen-bond donors (Lipinski definition) is 2. The summed E-state index contributed by atoms with van der Waals surface area (Å²) in [6, 6.07) is 14.7. The third-order valence-corrected chi connectivity index (χ3v) is 6.59. The Balaban J connectivity index is 1.35. The highest BCUT2D eigenvalue weighted by molar-refractivity contribution is 5.80. The number of aliphatic imine (C=N–C) groups is 1. The van der Waals surface area contributed by atoms with Crippen molar-refractivity contribution in [1.82, 2.24) is 15.5 Å². The summed E-state index contributed by atoms with van der Waals surface area (Å²) in [6.07, 6.45) is 6.77. The molecule has 2 fully saturated rings. The molecule has 0 bridgehead atoms. The van der Waals surface area contributed by atoms with E-state index in [2.05, 4.69) is 52.9 Å². The van der Waals surface area contributed by atoms with E-state index in [1.165, 1.54) is 29.5 Å². The number of hydrogen-bond acceptors (Lipinski definition) is 3. The molecule has 33 heavy (non-hydrogen) atoms. The number of carbonyl (C=O) groups is 1. The number of amides is 1. The van der Waals surface area contributed by atoms with E-state index in [4.69, 9.17) is 4.74 Å². The van der Waals surface area contributed by atoms with E-state index in [0.29, 0.717) is 32.2 Å². The van der Waals surface area contributed by atoms with Gasteiger partial charge in [-0.3, -0.25) is 9.79 Å². The molecule has 4 rings (SSSR count). The van der Waals surface area contributed by atoms with Crippen LogP contribution in [0.2, 0.25) is 0 Å². The molecule has 1 heterocycles. The Bertz CT molecular complexity index is 982. The zero-order chi connectivity index (χ0) is 23.0. The summed E-state index contributed by atoms with van der Waals surface area (Å²) in [4.78, 5) is 18.4. The predicted molar refractivity (Wildman–Crippen MR) is 132 cm³/mol. The van der Waals surface area contributed by atoms with Crippen molar-refractivity contribution in [2.75, 3.05) is 13.6 Å². The Morgan fingerprint density at radius 3 is 2.45 bits per heavy atom. The van der Waals surface area contributed by atoms with Crippen molar-refractivity contribution in [3.8, 4) is 5.75 Å². The second-order valence-electron chi connectivity index (χ2n) is 9.10. The van der Waals surface area contributed by atoms with Gasteiger partial charge in [-0.2, -0.15) is 0 Å². The van der Waals surface area contributed by atoms with Crippen LogP contribution in [0.25, 0.3) is 0 Å². The van der Waals surface area contributed by atoms with Crippen molar-refractivity contribution >= 4 is 11.9 Å². The lowest BCUT2D eigenvalue weighted by Crippen LogP contribution is -2.36. The molecular weight excluding hydrogens is 412 g/mol. The first-order valence-corrected chi connectivity index (χ1v) is 12.2. The fourth-order valence-electron chi connectivity index (χ4n) is 4.64. The lowest BCUT2D eigenvalue weighted by atomic mass is 10.1. The lowest BCUT2D eigenvalue weighted by molar-refractivity contribution is -0.128. The quantitative estimate of drug-likeness (QED) is 0.467. The van der Waals surface area contributed by atoms with Crippen LogP contribution in [0.15, 0.2) is 47.5 Å². The highest BCUT2D eigenvalue weighted by Crippen LogP contribution is 2.27. The first-order chi connectivity index (χ1) is 16.1. The molecule has 2 N–H and O–H groups in total. The number of rotatable bonds is 8. The SMILES string of the molecule is CN=C(NCc1ccccc1CN1CCCC1=O)NCc1ccc(C)cc1OC1CCCC1. The van der Waals surface area contributed by atoms with E-state index in [1.807, 2.05) is 17.0 Å². The van der Waals surface area contributed by atoms with Crippen LogP contribution in [0, 0.1) is 6.92 Å². The molecule has 0 radical (unpaired) electrons. The zero-order valence-corrected chi connectivity index (χ0v) is 19.9. The summed E-state index contributed by atoms with van der Waals surface area (Å²) in [5, 5.41) is 6.87. The highest BCUT2D eigenvalue weighted by Gasteiger charge is 2.21. The lowest BCUT2D eigenvalue weighted by Gasteiger charge is -2.20. The smallest absolute Gasteiger partial charge is 0.222 e. The van der Waals surface area contributed by atoms with E-state index in [-0.39, 0.29) is 5.91 Å². The monoisotopic (exact) mass is 448 g/mol. The summed E-state index contributed by atoms with van der Waals surface area (Å²) >= 11 is 0. The van der Waals surface area contributed by atoms with Gasteiger partial charge in [0.25, 0.3) is 0 Å². The number of aryl methyl sites for hydroxylation is 1. The fraction of sp³-hybridized carbons (Fsp3) is 0.481. The third kappa shape index (κ3) is 6.28. The summed E-state index contributed by atoms with van der Waals surface area (Å²) < 4.78 is 6.34. The number of guanidine groups is 1. The van der Waals surface area contributed by atoms with Gasteiger partial charge in [0.15, 0.2) is 5.96 Å². The van der Waals surface area contributed by atoms with E-state index in [9.17, 15) is 4.79 Å². The van der Waals surface area contributed by atoms with Crippen molar-refractivity contribution in [3.05, 3.63) is 64.7 Å². The first kappa shape index (κ1) is 23.1. The topological polar surface area (TPSA) is 66.0 Å². The van der Waals surface area contributed by atoms with Gasteiger partial charge in [-0.05, 0) is 61.8 Å². The van der Waals surface area contributed by atoms with E-state index in [1.54, 1.807) is 7.05 Å². The molecule has 1 saturated carbocycles. The Labute approximate surface area is 197 Å². The van der Waals surface area contributed by atoms with Crippen LogP contribution in [0.3, 0.4) is 0 Å². The molecule has 2 aromatic rings. The van der Waals surface area contributed by atoms with Gasteiger partial charge in [-0.15, -0.1) is 0 Å². The van der Waals surface area contributed by atoms with Crippen LogP contribution < -0.4 is 15.4 Å². The maximum atomic E-state index is 12.1. The molecule has 0 unspecified atom stereocenters. The Morgan fingerprint density at radius 2 is 1.76 bits per heavy atom. The van der Waals surface area contributed by atoms with Crippen molar-refractivity contribution in [2.24, 2.45) is 4.99 Å². The molecule has 1 saturated heterocycles. The normalized spacial score (nSPS) is 17.0. The minimum absolute atomic E-state index is 0.254. The Hall–Kier alpha value is -3.02. The molecule has 0 aromatic heterocycles. The molecule has 0 spiro atoms. The average Bonchev–Trinajstić information content (AvgIpc) is 3.48. The van der Waals surface area contributed by atoms with Crippen molar-refractivity contribution in [2.45, 2.75) is 71.2 Å². The molecule has 1 amide bonds. The molecule has 2 aliphatic rings. The summed E-state index contributed by atoms with van der Waals surface area (Å²) in [6.45, 7) is 4.93. The van der Waals surface area contributed by atoms with Crippen molar-refractivity contribution in [1.29, 1.82) is 0 Å². The maximum absolute atomic E-state index is 12.1. The maximum Gasteiger partial charge on any atom is 0.222 e. The standard InChI is InChI=1S/C27H36N4O2/c1-20-13-14-22(25(16-20)33-24-10-5-6-11-24)18-30-27(28-2)29-17-21-8-3-4-9-23(21)19-31-15-7-12-26(31)32/h3-4,8-9,13-14,16,24H,5-7,10-12,15,17-19H2,1-2H3,(H2,28,29,30). The highest BCUT2D eigenvalue weighted by atomic mass is 16.5. The molecule has 6 nitrogen and oxygen atoms in total. The second-order valence-corrected chi connectivity index (χ2v) is 9.10. The molecule has 0 atom stereocenters. The zero-order valence-electron chi connectivity index (χ0n) is 19.9. The third-order valence-electron chi connectivity index (χ3n) is 6.59.